The molecular formula is C27H19FN2O2. The van der Waals surface area contributed by atoms with Crippen molar-refractivity contribution in [1.29, 1.82) is 0 Å². The second-order valence-electron chi connectivity index (χ2n) is 7.53. The Kier molecular flexibility index (Phi) is 5.09. The third-order valence-corrected chi connectivity index (χ3v) is 5.51. The fourth-order valence-electron chi connectivity index (χ4n) is 3.94. The topological polar surface area (TPSA) is 65.2 Å². The minimum Gasteiger partial charge on any atom is -0.508 e. The maximum absolute atomic E-state index is 15.0. The zero-order chi connectivity index (χ0) is 22.1. The molecule has 0 radical (unpaired) electrons. The Bertz CT molecular complexity index is 1440. The van der Waals surface area contributed by atoms with E-state index in [1.165, 1.54) is 18.2 Å². The highest BCUT2D eigenvalue weighted by Crippen LogP contribution is 2.38. The van der Waals surface area contributed by atoms with Gasteiger partial charge < -0.3 is 10.2 Å². The normalized spacial score (nSPS) is 11.6. The van der Waals surface area contributed by atoms with E-state index in [-0.39, 0.29) is 18.0 Å². The fraction of sp³-hybridized carbons (Fsp3) is 0.0370. The van der Waals surface area contributed by atoms with Crippen LogP contribution in [0.25, 0.3) is 32.7 Å². The Morgan fingerprint density at radius 2 is 1.41 bits per heavy atom. The number of aromatic hydroxyl groups is 1. The number of azo groups is 1. The fourth-order valence-corrected chi connectivity index (χ4v) is 3.94. The van der Waals surface area contributed by atoms with E-state index in [1.807, 2.05) is 42.5 Å². The van der Waals surface area contributed by atoms with Crippen LogP contribution in [0.4, 0.5) is 15.8 Å². The van der Waals surface area contributed by atoms with Gasteiger partial charge in [-0.2, -0.15) is 5.11 Å². The van der Waals surface area contributed by atoms with E-state index < -0.39 is 5.82 Å². The lowest BCUT2D eigenvalue weighted by Crippen LogP contribution is -1.87. The van der Waals surface area contributed by atoms with E-state index >= 15 is 4.39 Å². The van der Waals surface area contributed by atoms with Crippen molar-refractivity contribution in [3.05, 3.63) is 102 Å². The largest absolute Gasteiger partial charge is 0.508 e. The van der Waals surface area contributed by atoms with E-state index in [0.717, 1.165) is 32.7 Å². The van der Waals surface area contributed by atoms with Gasteiger partial charge >= 0.3 is 0 Å². The summed E-state index contributed by atoms with van der Waals surface area (Å²) in [5.74, 6) is -0.506. The van der Waals surface area contributed by atoms with E-state index in [9.17, 15) is 10.2 Å². The molecule has 0 saturated carbocycles. The molecule has 5 rings (SSSR count). The average molecular weight is 422 g/mol. The smallest absolute Gasteiger partial charge is 0.151 e. The van der Waals surface area contributed by atoms with Crippen molar-refractivity contribution in [2.75, 3.05) is 0 Å². The molecule has 32 heavy (non-hydrogen) atoms. The highest BCUT2D eigenvalue weighted by Gasteiger charge is 2.12. The molecule has 0 aliphatic heterocycles. The van der Waals surface area contributed by atoms with Gasteiger partial charge in [0.2, 0.25) is 0 Å². The predicted molar refractivity (Wildman–Crippen MR) is 125 cm³/mol. The minimum atomic E-state index is -0.482. The first-order valence-electron chi connectivity index (χ1n) is 10.2. The quantitative estimate of drug-likeness (QED) is 0.234. The number of hydrogen-bond donors (Lipinski definition) is 2. The zero-order valence-electron chi connectivity index (χ0n) is 17.0. The van der Waals surface area contributed by atoms with Crippen LogP contribution >= 0.6 is 0 Å². The molecule has 4 nitrogen and oxygen atoms in total. The molecule has 0 aliphatic carbocycles. The predicted octanol–water partition coefficient (Wildman–Crippen LogP) is 7.41. The van der Waals surface area contributed by atoms with Gasteiger partial charge in [-0.25, -0.2) is 4.39 Å². The summed E-state index contributed by atoms with van der Waals surface area (Å²) in [5, 5.41) is 31.3. The number of aliphatic hydroxyl groups is 1. The summed E-state index contributed by atoms with van der Waals surface area (Å²) in [6.07, 6.45) is 0. The molecule has 0 fully saturated rings. The molecule has 0 aliphatic rings. The molecule has 5 heteroatoms. The molecule has 156 valence electrons. The number of aliphatic hydroxyl groups excluding tert-OH is 1. The third kappa shape index (κ3) is 3.59. The molecule has 0 amide bonds. The van der Waals surface area contributed by atoms with Crippen LogP contribution in [-0.4, -0.2) is 10.2 Å². The van der Waals surface area contributed by atoms with E-state index in [0.29, 0.717) is 11.3 Å². The van der Waals surface area contributed by atoms with Crippen LogP contribution in [0.5, 0.6) is 5.75 Å². The number of fused-ring (bicyclic) bond motifs is 2. The Morgan fingerprint density at radius 1 is 0.719 bits per heavy atom. The molecule has 0 atom stereocenters. The molecule has 0 spiro atoms. The zero-order valence-corrected chi connectivity index (χ0v) is 17.0. The first-order chi connectivity index (χ1) is 15.6. The van der Waals surface area contributed by atoms with E-state index in [4.69, 9.17) is 0 Å². The van der Waals surface area contributed by atoms with E-state index in [2.05, 4.69) is 28.4 Å². The third-order valence-electron chi connectivity index (χ3n) is 5.51. The number of phenols is 1. The molecule has 0 saturated heterocycles. The first kappa shape index (κ1) is 19.8. The van der Waals surface area contributed by atoms with Crippen molar-refractivity contribution in [3.63, 3.8) is 0 Å². The maximum Gasteiger partial charge on any atom is 0.151 e. The van der Waals surface area contributed by atoms with Gasteiger partial charge in [0, 0.05) is 5.56 Å². The van der Waals surface area contributed by atoms with Gasteiger partial charge in [-0.3, -0.25) is 0 Å². The summed E-state index contributed by atoms with van der Waals surface area (Å²) in [4.78, 5) is 0. The van der Waals surface area contributed by atoms with Crippen molar-refractivity contribution in [2.24, 2.45) is 10.2 Å². The summed E-state index contributed by atoms with van der Waals surface area (Å²) >= 11 is 0. The summed E-state index contributed by atoms with van der Waals surface area (Å²) < 4.78 is 15.0. The van der Waals surface area contributed by atoms with Gasteiger partial charge in [-0.05, 0) is 69.1 Å². The summed E-state index contributed by atoms with van der Waals surface area (Å²) in [7, 11) is 0. The summed E-state index contributed by atoms with van der Waals surface area (Å²) in [6, 6.07) is 27.7. The van der Waals surface area contributed by atoms with Gasteiger partial charge in [0.1, 0.15) is 11.4 Å². The molecule has 0 aromatic heterocycles. The molecule has 0 bridgehead atoms. The Balaban J connectivity index is 1.58. The van der Waals surface area contributed by atoms with Gasteiger partial charge in [-0.1, -0.05) is 54.6 Å². The number of hydrogen-bond acceptors (Lipinski definition) is 4. The molecule has 0 heterocycles. The van der Waals surface area contributed by atoms with Crippen LogP contribution in [0.1, 0.15) is 5.56 Å². The average Bonchev–Trinajstić information content (AvgIpc) is 2.82. The van der Waals surface area contributed by atoms with Crippen molar-refractivity contribution >= 4 is 32.9 Å². The van der Waals surface area contributed by atoms with Crippen LogP contribution in [-0.2, 0) is 6.61 Å². The van der Waals surface area contributed by atoms with E-state index in [1.54, 1.807) is 12.1 Å². The van der Waals surface area contributed by atoms with Crippen LogP contribution in [0, 0.1) is 5.82 Å². The second-order valence-corrected chi connectivity index (χ2v) is 7.53. The van der Waals surface area contributed by atoms with Crippen LogP contribution < -0.4 is 0 Å². The van der Waals surface area contributed by atoms with Gasteiger partial charge in [-0.15, -0.1) is 5.11 Å². The Morgan fingerprint density at radius 3 is 2.06 bits per heavy atom. The second kappa shape index (κ2) is 8.21. The van der Waals surface area contributed by atoms with Crippen LogP contribution in [0.2, 0.25) is 0 Å². The van der Waals surface area contributed by atoms with Crippen molar-refractivity contribution in [1.82, 2.24) is 0 Å². The SMILES string of the molecule is OCc1cc(N=Nc2ccc(-c3c4ccccc4cc4ccccc34)cc2F)ccc1O. The summed E-state index contributed by atoms with van der Waals surface area (Å²) in [6.45, 7) is -0.322. The highest BCUT2D eigenvalue weighted by atomic mass is 19.1. The van der Waals surface area contributed by atoms with Gasteiger partial charge in [0.15, 0.2) is 5.82 Å². The molecule has 2 N–H and O–H groups in total. The number of nitrogens with zero attached hydrogens (tertiary/aromatic N) is 2. The number of benzene rings is 5. The van der Waals surface area contributed by atoms with Crippen LogP contribution in [0.3, 0.4) is 0 Å². The van der Waals surface area contributed by atoms with Crippen molar-refractivity contribution < 1.29 is 14.6 Å². The molecule has 5 aromatic rings. The first-order valence-corrected chi connectivity index (χ1v) is 10.2. The highest BCUT2D eigenvalue weighted by molar-refractivity contribution is 6.12. The minimum absolute atomic E-state index is 0.0238. The number of rotatable bonds is 4. The molecule has 5 aromatic carbocycles. The standard InChI is InChI=1S/C27H19FN2O2/c28-24-15-19(9-11-25(24)30-29-21-10-12-26(32)20(14-21)16-31)27-22-7-3-1-5-17(22)13-18-6-2-4-8-23(18)27/h1-15,31-32H,16H2. The summed E-state index contributed by atoms with van der Waals surface area (Å²) in [5.41, 5.74) is 2.60. The molecular weight excluding hydrogens is 403 g/mol. The Labute approximate surface area is 183 Å². The maximum atomic E-state index is 15.0. The van der Waals surface area contributed by atoms with Crippen molar-refractivity contribution in [3.8, 4) is 16.9 Å². The van der Waals surface area contributed by atoms with Crippen LogP contribution in [0.15, 0.2) is 101 Å². The lowest BCUT2D eigenvalue weighted by molar-refractivity contribution is 0.275. The number of halogens is 1. The van der Waals surface area contributed by atoms with Gasteiger partial charge in [0.05, 0.1) is 12.3 Å². The molecule has 0 unspecified atom stereocenters. The Hall–Kier alpha value is -4.09. The monoisotopic (exact) mass is 422 g/mol. The van der Waals surface area contributed by atoms with Gasteiger partial charge in [0.25, 0.3) is 0 Å². The van der Waals surface area contributed by atoms with Crippen molar-refractivity contribution in [2.45, 2.75) is 6.61 Å². The lowest BCUT2D eigenvalue weighted by Gasteiger charge is -2.12. The lowest BCUT2D eigenvalue weighted by atomic mass is 9.92.